The van der Waals surface area contributed by atoms with E-state index in [0.717, 1.165) is 40.7 Å². The average molecular weight is 605 g/mol. The lowest BCUT2D eigenvalue weighted by Crippen LogP contribution is -2.57. The van der Waals surface area contributed by atoms with Crippen LogP contribution in [0.4, 0.5) is 30.5 Å². The molecule has 1 amide bonds. The fourth-order valence-electron chi connectivity index (χ4n) is 5.90. The van der Waals surface area contributed by atoms with Crippen molar-refractivity contribution in [3.63, 3.8) is 0 Å². The number of ether oxygens (including phenoxy) is 1. The van der Waals surface area contributed by atoms with Gasteiger partial charge >= 0.3 is 6.18 Å². The van der Waals surface area contributed by atoms with Gasteiger partial charge in [-0.05, 0) is 49.1 Å². The molecule has 3 N–H and O–H groups in total. The fraction of sp³-hybridized carbons (Fsp3) is 0.387. The van der Waals surface area contributed by atoms with Crippen molar-refractivity contribution < 1.29 is 22.7 Å². The summed E-state index contributed by atoms with van der Waals surface area (Å²) in [5, 5.41) is 3.48. The van der Waals surface area contributed by atoms with Crippen LogP contribution in [0.2, 0.25) is 0 Å². The molecule has 1 aromatic carbocycles. The molecule has 1 atom stereocenters. The lowest BCUT2D eigenvalue weighted by Gasteiger charge is -2.35. The standard InChI is InChI=1S/C31H31F3N8O2/c1-17-25(6-7-27(39-17)41-9-8-36-26(14-41)31(32,33)34)42(30(43)20-11-37-29(38-12-20)19-3-4-19)13-18-2-5-21-22-15-44-16-23(22)28(35)40-24(21)10-18/h2,5-7,10-12,19,26,36H,3-4,8-9,13-16H2,1H3,(H2,35,40). The number of nitrogens with one attached hydrogen (secondary N) is 1. The van der Waals surface area contributed by atoms with E-state index >= 15 is 0 Å². The summed E-state index contributed by atoms with van der Waals surface area (Å²) in [6.07, 6.45) is 0.835. The number of carbonyl (C=O) groups is 1. The van der Waals surface area contributed by atoms with Crippen LogP contribution in [0.5, 0.6) is 0 Å². The van der Waals surface area contributed by atoms with Crippen LogP contribution in [-0.2, 0) is 24.5 Å². The van der Waals surface area contributed by atoms with E-state index in [1.807, 2.05) is 18.2 Å². The molecule has 5 heterocycles. The summed E-state index contributed by atoms with van der Waals surface area (Å²) in [6.45, 7) is 3.15. The number of anilines is 3. The topological polar surface area (TPSA) is 122 Å². The summed E-state index contributed by atoms with van der Waals surface area (Å²) >= 11 is 0. The van der Waals surface area contributed by atoms with Crippen LogP contribution in [0.3, 0.4) is 0 Å². The second kappa shape index (κ2) is 11.0. The van der Waals surface area contributed by atoms with Gasteiger partial charge in [-0.3, -0.25) is 4.79 Å². The van der Waals surface area contributed by atoms with Crippen LogP contribution in [0, 0.1) is 6.92 Å². The van der Waals surface area contributed by atoms with Crippen molar-refractivity contribution in [2.45, 2.75) is 57.7 Å². The fourth-order valence-corrected chi connectivity index (χ4v) is 5.90. The second-order valence-corrected chi connectivity index (χ2v) is 11.6. The number of nitrogens with zero attached hydrogens (tertiary/aromatic N) is 6. The molecule has 2 fully saturated rings. The normalized spacial score (nSPS) is 18.5. The number of hydrogen-bond donors (Lipinski definition) is 2. The molecule has 1 saturated carbocycles. The number of amides is 1. The molecular weight excluding hydrogens is 573 g/mol. The van der Waals surface area contributed by atoms with Crippen molar-refractivity contribution in [3.8, 4) is 0 Å². The summed E-state index contributed by atoms with van der Waals surface area (Å²) in [4.78, 5) is 35.4. The zero-order chi connectivity index (χ0) is 30.6. The number of aromatic nitrogens is 4. The summed E-state index contributed by atoms with van der Waals surface area (Å²) in [7, 11) is 0. The maximum absolute atomic E-state index is 14.0. The van der Waals surface area contributed by atoms with E-state index in [9.17, 15) is 18.0 Å². The van der Waals surface area contributed by atoms with E-state index < -0.39 is 12.2 Å². The van der Waals surface area contributed by atoms with E-state index in [0.29, 0.717) is 59.8 Å². The van der Waals surface area contributed by atoms with E-state index in [2.05, 4.69) is 25.3 Å². The number of nitrogens with two attached hydrogens (primary N) is 1. The number of rotatable bonds is 6. The van der Waals surface area contributed by atoms with Crippen molar-refractivity contribution in [1.82, 2.24) is 25.3 Å². The summed E-state index contributed by atoms with van der Waals surface area (Å²) < 4.78 is 45.8. The Balaban J connectivity index is 1.22. The molecule has 13 heteroatoms. The Morgan fingerprint density at radius 3 is 2.61 bits per heavy atom. The summed E-state index contributed by atoms with van der Waals surface area (Å²) in [5.74, 6) is 1.62. The number of halogens is 3. The first-order chi connectivity index (χ1) is 21.2. The predicted molar refractivity (Wildman–Crippen MR) is 158 cm³/mol. The Hall–Kier alpha value is -4.36. The van der Waals surface area contributed by atoms with Crippen molar-refractivity contribution in [2.24, 2.45) is 0 Å². The van der Waals surface area contributed by atoms with Gasteiger partial charge in [0, 0.05) is 48.9 Å². The Kier molecular flexibility index (Phi) is 7.08. The van der Waals surface area contributed by atoms with Crippen molar-refractivity contribution in [3.05, 3.63) is 76.5 Å². The number of pyridine rings is 2. The average Bonchev–Trinajstić information content (AvgIpc) is 3.75. The van der Waals surface area contributed by atoms with Crippen molar-refractivity contribution in [2.75, 3.05) is 35.2 Å². The minimum absolute atomic E-state index is 0.181. The van der Waals surface area contributed by atoms with E-state index in [1.165, 1.54) is 0 Å². The Morgan fingerprint density at radius 1 is 1.11 bits per heavy atom. The van der Waals surface area contributed by atoms with Crippen LogP contribution in [0.15, 0.2) is 42.7 Å². The minimum Gasteiger partial charge on any atom is -0.383 e. The van der Waals surface area contributed by atoms with Gasteiger partial charge in [0.1, 0.15) is 23.5 Å². The third kappa shape index (κ3) is 5.41. The highest BCUT2D eigenvalue weighted by molar-refractivity contribution is 6.06. The molecule has 0 spiro atoms. The molecule has 3 aliphatic rings. The van der Waals surface area contributed by atoms with E-state index in [-0.39, 0.29) is 25.5 Å². The lowest BCUT2D eigenvalue weighted by molar-refractivity contribution is -0.155. The number of fused-ring (bicyclic) bond motifs is 3. The molecule has 3 aromatic heterocycles. The predicted octanol–water partition coefficient (Wildman–Crippen LogP) is 4.41. The van der Waals surface area contributed by atoms with Gasteiger partial charge in [-0.1, -0.05) is 12.1 Å². The van der Waals surface area contributed by atoms with Gasteiger partial charge in [0.2, 0.25) is 0 Å². The van der Waals surface area contributed by atoms with Gasteiger partial charge in [0.25, 0.3) is 5.91 Å². The number of piperazine rings is 1. The van der Waals surface area contributed by atoms with Gasteiger partial charge in [0.05, 0.1) is 42.2 Å². The minimum atomic E-state index is -4.36. The smallest absolute Gasteiger partial charge is 0.383 e. The maximum Gasteiger partial charge on any atom is 0.405 e. The molecule has 7 rings (SSSR count). The Labute approximate surface area is 251 Å². The molecule has 0 radical (unpaired) electrons. The largest absolute Gasteiger partial charge is 0.405 e. The molecule has 10 nitrogen and oxygen atoms in total. The Morgan fingerprint density at radius 2 is 1.89 bits per heavy atom. The van der Waals surface area contributed by atoms with Gasteiger partial charge in [0.15, 0.2) is 0 Å². The molecule has 44 heavy (non-hydrogen) atoms. The van der Waals surface area contributed by atoms with Gasteiger partial charge in [-0.2, -0.15) is 13.2 Å². The quantitative estimate of drug-likeness (QED) is 0.330. The monoisotopic (exact) mass is 604 g/mol. The van der Waals surface area contributed by atoms with Crippen molar-refractivity contribution >= 4 is 34.1 Å². The van der Waals surface area contributed by atoms with Crippen LogP contribution >= 0.6 is 0 Å². The first kappa shape index (κ1) is 28.4. The zero-order valence-electron chi connectivity index (χ0n) is 24.1. The maximum atomic E-state index is 14.0. The molecule has 0 bridgehead atoms. The molecule has 1 unspecified atom stereocenters. The summed E-state index contributed by atoms with van der Waals surface area (Å²) in [6, 6.07) is 7.59. The van der Waals surface area contributed by atoms with E-state index in [4.69, 9.17) is 10.5 Å². The number of alkyl halides is 3. The summed E-state index contributed by atoms with van der Waals surface area (Å²) in [5.41, 5.74) is 11.0. The number of nitrogen functional groups attached to an aromatic ring is 1. The molecule has 4 aromatic rings. The second-order valence-electron chi connectivity index (χ2n) is 11.6. The molecule has 1 saturated heterocycles. The number of carbonyl (C=O) groups excluding carboxylic acids is 1. The number of hydrogen-bond acceptors (Lipinski definition) is 9. The number of benzene rings is 1. The lowest BCUT2D eigenvalue weighted by atomic mass is 10.0. The first-order valence-electron chi connectivity index (χ1n) is 14.6. The highest BCUT2D eigenvalue weighted by Gasteiger charge is 2.42. The van der Waals surface area contributed by atoms with Gasteiger partial charge in [-0.25, -0.2) is 19.9 Å². The molecule has 1 aliphatic carbocycles. The van der Waals surface area contributed by atoms with Crippen LogP contribution in [0.1, 0.15) is 57.3 Å². The molecular formula is C31H31F3N8O2. The zero-order valence-corrected chi connectivity index (χ0v) is 24.1. The number of aryl methyl sites for hydroxylation is 1. The van der Waals surface area contributed by atoms with Crippen molar-refractivity contribution in [1.29, 1.82) is 0 Å². The molecule has 228 valence electrons. The van der Waals surface area contributed by atoms with Gasteiger partial charge in [-0.15, -0.1) is 0 Å². The Bertz CT molecular complexity index is 1740. The highest BCUT2D eigenvalue weighted by Crippen LogP contribution is 2.38. The molecule has 2 aliphatic heterocycles. The van der Waals surface area contributed by atoms with Crippen LogP contribution in [0.25, 0.3) is 10.9 Å². The van der Waals surface area contributed by atoms with Crippen LogP contribution in [-0.4, -0.2) is 57.7 Å². The van der Waals surface area contributed by atoms with E-state index in [1.54, 1.807) is 41.2 Å². The third-order valence-electron chi connectivity index (χ3n) is 8.47. The first-order valence-corrected chi connectivity index (χ1v) is 14.6. The van der Waals surface area contributed by atoms with Gasteiger partial charge < -0.3 is 25.6 Å². The third-order valence-corrected chi connectivity index (χ3v) is 8.47. The van der Waals surface area contributed by atoms with Crippen LogP contribution < -0.4 is 20.9 Å². The highest BCUT2D eigenvalue weighted by atomic mass is 19.4. The SMILES string of the molecule is Cc1nc(N2CCNC(C(F)(F)F)C2)ccc1N(Cc1ccc2c3c(c(N)nc2c1)COC3)C(=O)c1cnc(C2CC2)nc1.